The molecule has 1 aromatic rings. The van der Waals surface area contributed by atoms with E-state index < -0.39 is 0 Å². The lowest BCUT2D eigenvalue weighted by Gasteiger charge is -1.86. The zero-order valence-corrected chi connectivity index (χ0v) is 4.65. The van der Waals surface area contributed by atoms with E-state index in [0.717, 1.165) is 0 Å². The fourth-order valence-corrected chi connectivity index (χ4v) is 0.397. The van der Waals surface area contributed by atoms with Gasteiger partial charge in [-0.25, -0.2) is 15.0 Å². The summed E-state index contributed by atoms with van der Waals surface area (Å²) in [7, 11) is 0. The molecule has 0 aliphatic heterocycles. The van der Waals surface area contributed by atoms with Gasteiger partial charge in [-0.3, -0.25) is 0 Å². The average Bonchev–Trinajstić information content (AvgIpc) is 1.91. The summed E-state index contributed by atoms with van der Waals surface area (Å²) in [6, 6.07) is 0. The fourth-order valence-electron chi connectivity index (χ4n) is 0.397. The molecule has 0 aliphatic carbocycles. The molecule has 0 unspecified atom stereocenters. The Balaban J connectivity index is 2.76. The zero-order chi connectivity index (χ0) is 6.53. The number of aromatic nitrogens is 3. The second kappa shape index (κ2) is 2.78. The summed E-state index contributed by atoms with van der Waals surface area (Å²) in [5.74, 6) is 2.83. The minimum atomic E-state index is 0.521. The monoisotopic (exact) mass is 118 g/mol. The Hall–Kier alpha value is -1.43. The summed E-state index contributed by atoms with van der Waals surface area (Å²) < 4.78 is 0. The maximum atomic E-state index is 4.95. The number of hydrogen-bond acceptors (Lipinski definition) is 3. The highest BCUT2D eigenvalue weighted by atomic mass is 15.0. The first-order chi connectivity index (χ1) is 4.43. The van der Waals surface area contributed by atoms with Crippen molar-refractivity contribution < 1.29 is 0 Å². The van der Waals surface area contributed by atoms with Gasteiger partial charge >= 0.3 is 0 Å². The van der Waals surface area contributed by atoms with E-state index in [-0.39, 0.29) is 0 Å². The SMILES string of the molecule is C#C[CH]c1ncncn1. The number of hydrogen-bond donors (Lipinski definition) is 0. The van der Waals surface area contributed by atoms with E-state index in [1.54, 1.807) is 0 Å². The minimum absolute atomic E-state index is 0.521. The van der Waals surface area contributed by atoms with Crippen LogP contribution >= 0.6 is 0 Å². The van der Waals surface area contributed by atoms with Crippen LogP contribution in [0.2, 0.25) is 0 Å². The van der Waals surface area contributed by atoms with E-state index in [2.05, 4.69) is 20.9 Å². The summed E-state index contributed by atoms with van der Waals surface area (Å²) in [6.45, 7) is 0. The number of terminal acetylenes is 1. The van der Waals surface area contributed by atoms with Crippen molar-refractivity contribution >= 4 is 0 Å². The van der Waals surface area contributed by atoms with Crippen LogP contribution in [0.15, 0.2) is 12.7 Å². The molecule has 1 radical (unpaired) electrons. The van der Waals surface area contributed by atoms with E-state index in [1.807, 2.05) is 0 Å². The first kappa shape index (κ1) is 5.70. The Bertz CT molecular complexity index is 211. The van der Waals surface area contributed by atoms with Gasteiger partial charge in [0.05, 0.1) is 0 Å². The summed E-state index contributed by atoms with van der Waals surface area (Å²) in [6.07, 6.45) is 9.23. The standard InChI is InChI=1S/C6H4N3/c1-2-3-6-8-4-7-5-9-6/h1,3-5H. The van der Waals surface area contributed by atoms with Gasteiger partial charge in [-0.2, -0.15) is 0 Å². The summed E-state index contributed by atoms with van der Waals surface area (Å²) in [5.41, 5.74) is 0. The largest absolute Gasteiger partial charge is 0.225 e. The van der Waals surface area contributed by atoms with Crippen molar-refractivity contribution in [3.8, 4) is 12.3 Å². The van der Waals surface area contributed by atoms with Crippen molar-refractivity contribution in [1.82, 2.24) is 15.0 Å². The van der Waals surface area contributed by atoms with E-state index in [0.29, 0.717) is 5.82 Å². The molecule has 0 N–H and O–H groups in total. The minimum Gasteiger partial charge on any atom is -0.225 e. The molecule has 0 aliphatic rings. The van der Waals surface area contributed by atoms with Crippen LogP contribution in [0.1, 0.15) is 5.82 Å². The summed E-state index contributed by atoms with van der Waals surface area (Å²) in [4.78, 5) is 11.1. The molecule has 0 spiro atoms. The van der Waals surface area contributed by atoms with Crippen molar-refractivity contribution in [1.29, 1.82) is 0 Å². The van der Waals surface area contributed by atoms with Crippen molar-refractivity contribution in [2.24, 2.45) is 0 Å². The Labute approximate surface area is 53.2 Å². The van der Waals surface area contributed by atoms with Crippen molar-refractivity contribution in [2.45, 2.75) is 0 Å². The molecule has 1 rings (SSSR count). The Morgan fingerprint density at radius 3 is 2.67 bits per heavy atom. The number of nitrogens with zero attached hydrogens (tertiary/aromatic N) is 3. The topological polar surface area (TPSA) is 38.7 Å². The van der Waals surface area contributed by atoms with E-state index >= 15 is 0 Å². The van der Waals surface area contributed by atoms with Crippen molar-refractivity contribution in [2.75, 3.05) is 0 Å². The van der Waals surface area contributed by atoms with Gasteiger partial charge in [0.15, 0.2) is 0 Å². The van der Waals surface area contributed by atoms with Gasteiger partial charge in [-0.15, -0.1) is 6.42 Å². The molecule has 0 saturated heterocycles. The Morgan fingerprint density at radius 2 is 2.11 bits per heavy atom. The molecule has 0 aromatic carbocycles. The molecule has 0 atom stereocenters. The van der Waals surface area contributed by atoms with Gasteiger partial charge in [-0.1, -0.05) is 5.92 Å². The molecular weight excluding hydrogens is 114 g/mol. The van der Waals surface area contributed by atoms with Gasteiger partial charge < -0.3 is 0 Å². The summed E-state index contributed by atoms with van der Waals surface area (Å²) >= 11 is 0. The third-order valence-electron chi connectivity index (χ3n) is 0.726. The maximum absolute atomic E-state index is 4.95. The molecule has 3 heteroatoms. The first-order valence-corrected chi connectivity index (χ1v) is 2.35. The molecule has 43 valence electrons. The highest BCUT2D eigenvalue weighted by Crippen LogP contribution is 1.85. The molecule has 0 fully saturated rings. The van der Waals surface area contributed by atoms with Gasteiger partial charge in [0.25, 0.3) is 0 Å². The van der Waals surface area contributed by atoms with E-state index in [1.165, 1.54) is 19.1 Å². The van der Waals surface area contributed by atoms with Crippen LogP contribution in [0.4, 0.5) is 0 Å². The van der Waals surface area contributed by atoms with Crippen LogP contribution in [0.3, 0.4) is 0 Å². The quantitative estimate of drug-likeness (QED) is 0.489. The lowest BCUT2D eigenvalue weighted by atomic mass is 10.4. The molecule has 0 amide bonds. The normalized spacial score (nSPS) is 8.33. The average molecular weight is 118 g/mol. The van der Waals surface area contributed by atoms with Crippen LogP contribution in [-0.2, 0) is 0 Å². The van der Waals surface area contributed by atoms with Crippen molar-refractivity contribution in [3.63, 3.8) is 0 Å². The molecule has 1 aromatic heterocycles. The van der Waals surface area contributed by atoms with Crippen molar-refractivity contribution in [3.05, 3.63) is 24.9 Å². The van der Waals surface area contributed by atoms with Crippen LogP contribution in [0.5, 0.6) is 0 Å². The lowest BCUT2D eigenvalue weighted by molar-refractivity contribution is 0.997. The zero-order valence-electron chi connectivity index (χ0n) is 4.65. The van der Waals surface area contributed by atoms with Crippen LogP contribution in [0.25, 0.3) is 0 Å². The van der Waals surface area contributed by atoms with Crippen LogP contribution in [-0.4, -0.2) is 15.0 Å². The highest BCUT2D eigenvalue weighted by Gasteiger charge is 1.87. The molecule has 1 heterocycles. The van der Waals surface area contributed by atoms with E-state index in [4.69, 9.17) is 6.42 Å². The predicted octanol–water partition coefficient (Wildman–Crippen LogP) is 0.0572. The Morgan fingerprint density at radius 1 is 1.44 bits per heavy atom. The molecule has 3 nitrogen and oxygen atoms in total. The van der Waals surface area contributed by atoms with Gasteiger partial charge in [0.2, 0.25) is 0 Å². The smallest absolute Gasteiger partial charge is 0.148 e. The van der Waals surface area contributed by atoms with Gasteiger partial charge in [0.1, 0.15) is 24.9 Å². The second-order valence-corrected chi connectivity index (χ2v) is 1.31. The number of rotatable bonds is 1. The predicted molar refractivity (Wildman–Crippen MR) is 32.1 cm³/mol. The Kier molecular flexibility index (Phi) is 1.76. The van der Waals surface area contributed by atoms with Gasteiger partial charge in [0, 0.05) is 0 Å². The molecule has 0 bridgehead atoms. The molecule has 0 saturated carbocycles. The fraction of sp³-hybridized carbons (Fsp3) is 0. The third kappa shape index (κ3) is 1.50. The molecular formula is C6H4N3. The highest BCUT2D eigenvalue weighted by molar-refractivity contribution is 5.16. The third-order valence-corrected chi connectivity index (χ3v) is 0.726. The summed E-state index contributed by atoms with van der Waals surface area (Å²) in [5, 5.41) is 0. The van der Waals surface area contributed by atoms with E-state index in [9.17, 15) is 0 Å². The first-order valence-electron chi connectivity index (χ1n) is 2.35. The van der Waals surface area contributed by atoms with Gasteiger partial charge in [-0.05, 0) is 0 Å². The maximum Gasteiger partial charge on any atom is 0.148 e. The second-order valence-electron chi connectivity index (χ2n) is 1.31. The van der Waals surface area contributed by atoms with Crippen LogP contribution < -0.4 is 0 Å². The lowest BCUT2D eigenvalue weighted by Crippen LogP contribution is -1.89. The van der Waals surface area contributed by atoms with Crippen LogP contribution in [0, 0.1) is 18.8 Å². The molecule has 9 heavy (non-hydrogen) atoms.